The average Bonchev–Trinajstić information content (AvgIpc) is 4.01. The molecule has 14 rings (SSSR count). The molecule has 3 heteroatoms. The Hall–Kier alpha value is -9.02. The Bertz CT molecular complexity index is 4330. The van der Waals surface area contributed by atoms with Crippen molar-refractivity contribution in [3.63, 3.8) is 0 Å². The van der Waals surface area contributed by atoms with E-state index >= 15 is 0 Å². The molecule has 71 heavy (non-hydrogen) atoms. The van der Waals surface area contributed by atoms with Crippen LogP contribution in [0.3, 0.4) is 0 Å². The minimum atomic E-state index is 1.09. The number of hydrogen-bond donors (Lipinski definition) is 0. The molecule has 0 radical (unpaired) electrons. The van der Waals surface area contributed by atoms with Gasteiger partial charge in [0.25, 0.3) is 0 Å². The summed E-state index contributed by atoms with van der Waals surface area (Å²) in [6, 6.07) is 98.0. The molecule has 0 saturated heterocycles. The fraction of sp³-hybridized carbons (Fsp3) is 0. The Morgan fingerprint density at radius 1 is 0.310 bits per heavy atom. The summed E-state index contributed by atoms with van der Waals surface area (Å²) in [4.78, 5) is 2.48. The maximum absolute atomic E-state index is 2.48. The number of thiophene rings is 1. The Balaban J connectivity index is 0.945. The van der Waals surface area contributed by atoms with Gasteiger partial charge < -0.3 is 9.47 Å². The van der Waals surface area contributed by atoms with Gasteiger partial charge in [-0.15, -0.1) is 11.3 Å². The van der Waals surface area contributed by atoms with E-state index in [1.54, 1.807) is 0 Å². The highest BCUT2D eigenvalue weighted by molar-refractivity contribution is 7.26. The van der Waals surface area contributed by atoms with E-state index in [2.05, 4.69) is 276 Å². The van der Waals surface area contributed by atoms with Gasteiger partial charge in [0, 0.05) is 53.6 Å². The summed E-state index contributed by atoms with van der Waals surface area (Å²) in [5.41, 5.74) is 16.5. The lowest BCUT2D eigenvalue weighted by molar-refractivity contribution is 1.18. The number of para-hydroxylation sites is 2. The van der Waals surface area contributed by atoms with Gasteiger partial charge in [-0.2, -0.15) is 0 Å². The lowest BCUT2D eigenvalue weighted by Crippen LogP contribution is -2.10. The highest BCUT2D eigenvalue weighted by Crippen LogP contribution is 2.50. The van der Waals surface area contributed by atoms with E-state index in [0.29, 0.717) is 0 Å². The van der Waals surface area contributed by atoms with Crippen molar-refractivity contribution >= 4 is 91.9 Å². The predicted octanol–water partition coefficient (Wildman–Crippen LogP) is 19.6. The van der Waals surface area contributed by atoms with Crippen LogP contribution in [0.2, 0.25) is 0 Å². The third-order valence-corrected chi connectivity index (χ3v) is 15.6. The predicted molar refractivity (Wildman–Crippen MR) is 305 cm³/mol. The summed E-state index contributed by atoms with van der Waals surface area (Å²) >= 11 is 1.89. The fourth-order valence-corrected chi connectivity index (χ4v) is 12.3. The normalized spacial score (nSPS) is 11.7. The first-order chi connectivity index (χ1) is 35.2. The zero-order valence-corrected chi connectivity index (χ0v) is 39.5. The minimum Gasteiger partial charge on any atom is -0.310 e. The summed E-state index contributed by atoms with van der Waals surface area (Å²) in [6.07, 6.45) is 0. The summed E-state index contributed by atoms with van der Waals surface area (Å²) < 4.78 is 4.95. The van der Waals surface area contributed by atoms with Crippen LogP contribution >= 0.6 is 11.3 Å². The van der Waals surface area contributed by atoms with Gasteiger partial charge in [-0.05, 0) is 127 Å². The van der Waals surface area contributed by atoms with E-state index in [1.165, 1.54) is 102 Å². The van der Waals surface area contributed by atoms with Crippen LogP contribution in [0.25, 0.3) is 114 Å². The number of hydrogen-bond acceptors (Lipinski definition) is 2. The summed E-state index contributed by atoms with van der Waals surface area (Å²) in [6.45, 7) is 0. The van der Waals surface area contributed by atoms with Gasteiger partial charge in [-0.1, -0.05) is 200 Å². The molecule has 0 aliphatic carbocycles. The van der Waals surface area contributed by atoms with E-state index in [1.807, 2.05) is 11.3 Å². The highest BCUT2D eigenvalue weighted by Gasteiger charge is 2.23. The molecular formula is C68H44N2S. The Kier molecular flexibility index (Phi) is 9.75. The molecule has 0 spiro atoms. The number of nitrogens with zero attached hydrogens (tertiary/aromatic N) is 2. The maximum atomic E-state index is 2.48. The van der Waals surface area contributed by atoms with Crippen molar-refractivity contribution in [1.29, 1.82) is 0 Å². The van der Waals surface area contributed by atoms with Gasteiger partial charge in [0.05, 0.1) is 16.7 Å². The van der Waals surface area contributed by atoms with Gasteiger partial charge in [0.2, 0.25) is 0 Å². The van der Waals surface area contributed by atoms with Gasteiger partial charge in [0.1, 0.15) is 0 Å². The largest absolute Gasteiger partial charge is 0.310 e. The second-order valence-corrected chi connectivity index (χ2v) is 19.5. The van der Waals surface area contributed by atoms with E-state index < -0.39 is 0 Å². The number of benzene rings is 12. The first-order valence-electron chi connectivity index (χ1n) is 24.3. The van der Waals surface area contributed by atoms with Crippen molar-refractivity contribution in [2.45, 2.75) is 0 Å². The quantitative estimate of drug-likeness (QED) is 0.147. The molecule has 12 aromatic carbocycles. The molecule has 0 atom stereocenters. The Morgan fingerprint density at radius 2 is 0.915 bits per heavy atom. The van der Waals surface area contributed by atoms with Gasteiger partial charge in [0.15, 0.2) is 0 Å². The Labute approximate surface area is 416 Å². The van der Waals surface area contributed by atoms with E-state index in [0.717, 1.165) is 28.3 Å². The van der Waals surface area contributed by atoms with Crippen molar-refractivity contribution < 1.29 is 0 Å². The van der Waals surface area contributed by atoms with Gasteiger partial charge in [-0.25, -0.2) is 0 Å². The molecule has 14 aromatic rings. The Morgan fingerprint density at radius 3 is 1.75 bits per heavy atom. The fourth-order valence-electron chi connectivity index (χ4n) is 11.1. The molecular weight excluding hydrogens is 877 g/mol. The smallest absolute Gasteiger partial charge is 0.0555 e. The van der Waals surface area contributed by atoms with E-state index in [4.69, 9.17) is 0 Å². The van der Waals surface area contributed by atoms with Crippen LogP contribution in [-0.4, -0.2) is 4.57 Å². The summed E-state index contributed by atoms with van der Waals surface area (Å²) in [7, 11) is 0. The van der Waals surface area contributed by atoms with Crippen LogP contribution in [0.5, 0.6) is 0 Å². The van der Waals surface area contributed by atoms with E-state index in [9.17, 15) is 0 Å². The topological polar surface area (TPSA) is 8.17 Å². The number of aromatic nitrogens is 1. The summed E-state index contributed by atoms with van der Waals surface area (Å²) in [5, 5.41) is 10.0. The third kappa shape index (κ3) is 6.93. The van der Waals surface area contributed by atoms with E-state index in [-0.39, 0.29) is 0 Å². The van der Waals surface area contributed by atoms with Crippen LogP contribution in [0.4, 0.5) is 17.1 Å². The molecule has 332 valence electrons. The molecule has 2 heterocycles. The van der Waals surface area contributed by atoms with Gasteiger partial charge >= 0.3 is 0 Å². The van der Waals surface area contributed by atoms with Crippen LogP contribution in [-0.2, 0) is 0 Å². The lowest BCUT2D eigenvalue weighted by Gasteiger charge is -2.28. The standard InChI is InChI=1S/C68H44N2S/c1-2-20-53(21-3-1)70-62-28-10-8-24-60(62)66-57(26-14-29-63(66)70)52-19-12-22-55(44-52)69(54-39-37-47(38-40-54)46-31-33-48(34-32-46)51-36-35-45-15-4-5-17-50(45)43-51)64-42-41-59(58-27-13-18-49-16-6-7-23-56(49)58)68-67(64)61-25-9-11-30-65(61)71-68/h1-44H. The number of rotatable bonds is 8. The first kappa shape index (κ1) is 41.0. The van der Waals surface area contributed by atoms with Gasteiger partial charge in [-0.3, -0.25) is 0 Å². The number of fused-ring (bicyclic) bond motifs is 8. The zero-order valence-electron chi connectivity index (χ0n) is 38.7. The third-order valence-electron chi connectivity index (χ3n) is 14.4. The summed E-state index contributed by atoms with van der Waals surface area (Å²) in [5.74, 6) is 0. The average molecular weight is 921 g/mol. The first-order valence-corrected chi connectivity index (χ1v) is 25.1. The van der Waals surface area contributed by atoms with Crippen LogP contribution in [0, 0.1) is 0 Å². The lowest BCUT2D eigenvalue weighted by atomic mass is 9.95. The van der Waals surface area contributed by atoms with Crippen molar-refractivity contribution in [2.75, 3.05) is 4.90 Å². The molecule has 0 N–H and O–H groups in total. The zero-order chi connectivity index (χ0) is 46.8. The van der Waals surface area contributed by atoms with Crippen LogP contribution in [0.15, 0.2) is 267 Å². The molecule has 0 amide bonds. The number of anilines is 3. The van der Waals surface area contributed by atoms with Crippen LogP contribution < -0.4 is 4.90 Å². The molecule has 0 bridgehead atoms. The SMILES string of the molecule is c1ccc(-n2c3ccccc3c3c(-c4cccc(N(c5ccc(-c6ccc(-c7ccc8ccccc8c7)cc6)cc5)c5ccc(-c6cccc7ccccc67)c6sc7ccccc7c56)c4)cccc32)cc1. The van der Waals surface area contributed by atoms with Crippen molar-refractivity contribution in [1.82, 2.24) is 4.57 Å². The molecule has 0 aliphatic heterocycles. The van der Waals surface area contributed by atoms with Crippen molar-refractivity contribution in [3.05, 3.63) is 267 Å². The molecule has 0 unspecified atom stereocenters. The van der Waals surface area contributed by atoms with Crippen molar-refractivity contribution in [3.8, 4) is 50.2 Å². The molecule has 0 aliphatic rings. The molecule has 2 aromatic heterocycles. The molecule has 0 saturated carbocycles. The molecule has 2 nitrogen and oxygen atoms in total. The second kappa shape index (κ2) is 16.9. The maximum Gasteiger partial charge on any atom is 0.0555 e. The van der Waals surface area contributed by atoms with Crippen LogP contribution in [0.1, 0.15) is 0 Å². The molecule has 0 fully saturated rings. The minimum absolute atomic E-state index is 1.09. The second-order valence-electron chi connectivity index (χ2n) is 18.4. The highest BCUT2D eigenvalue weighted by atomic mass is 32.1. The monoisotopic (exact) mass is 920 g/mol. The van der Waals surface area contributed by atoms with Crippen molar-refractivity contribution in [2.24, 2.45) is 0 Å².